The Morgan fingerprint density at radius 3 is 2.57 bits per heavy atom. The number of benzene rings is 2. The lowest BCUT2D eigenvalue weighted by molar-refractivity contribution is -0.120. The molecule has 0 aliphatic rings. The van der Waals surface area contributed by atoms with Crippen molar-refractivity contribution < 1.29 is 14.3 Å². The van der Waals surface area contributed by atoms with Gasteiger partial charge in [-0.15, -0.1) is 6.58 Å². The van der Waals surface area contributed by atoms with Crippen LogP contribution in [0.1, 0.15) is 28.8 Å². The second-order valence-corrected chi connectivity index (χ2v) is 6.39. The molecule has 28 heavy (non-hydrogen) atoms. The number of carbonyl (C=O) groups excluding carboxylic acids is 2. The summed E-state index contributed by atoms with van der Waals surface area (Å²) in [6.07, 6.45) is 2.81. The average molecular weight is 396 g/mol. The Balaban J connectivity index is 1.67. The van der Waals surface area contributed by atoms with Crippen molar-refractivity contribution in [3.05, 3.63) is 77.3 Å². The summed E-state index contributed by atoms with van der Waals surface area (Å²) < 4.78 is 5.64. The Hall–Kier alpha value is -3.03. The molecule has 1 amide bonds. The number of hydrogen-bond donors (Lipinski definition) is 1. The van der Waals surface area contributed by atoms with Gasteiger partial charge in [-0.1, -0.05) is 47.7 Å². The van der Waals surface area contributed by atoms with Crippen molar-refractivity contribution >= 4 is 23.3 Å². The third-order valence-corrected chi connectivity index (χ3v) is 4.13. The second-order valence-electron chi connectivity index (χ2n) is 5.95. The van der Waals surface area contributed by atoms with Crippen LogP contribution in [-0.4, -0.2) is 24.8 Å². The van der Waals surface area contributed by atoms with Crippen LogP contribution < -0.4 is 10.1 Å². The topological polar surface area (TPSA) is 55.4 Å². The number of allylic oxidation sites excluding steroid dienone is 1. The van der Waals surface area contributed by atoms with Gasteiger partial charge in [0.2, 0.25) is 5.91 Å². The fourth-order valence-corrected chi connectivity index (χ4v) is 2.56. The van der Waals surface area contributed by atoms with Gasteiger partial charge < -0.3 is 10.1 Å². The van der Waals surface area contributed by atoms with Crippen molar-refractivity contribution in [2.75, 3.05) is 13.2 Å². The van der Waals surface area contributed by atoms with Crippen LogP contribution in [-0.2, 0) is 11.2 Å². The molecule has 0 atom stereocenters. The van der Waals surface area contributed by atoms with Gasteiger partial charge >= 0.3 is 0 Å². The van der Waals surface area contributed by atoms with Gasteiger partial charge in [-0.3, -0.25) is 9.59 Å². The first-order chi connectivity index (χ1) is 13.6. The smallest absolute Gasteiger partial charge is 0.221 e. The minimum absolute atomic E-state index is 0.0931. The standard InChI is InChI=1S/C23H22ClNO3/c1-2-7-19-8-3-4-9-22(19)28-17-6-5-16-25-23(27)15-14-21(26)18-10-12-20(24)13-11-18/h2-4,8-13H,1,7,14-17H2,(H,25,27). The number of ketones is 1. The highest BCUT2D eigenvalue weighted by Crippen LogP contribution is 2.18. The highest BCUT2D eigenvalue weighted by molar-refractivity contribution is 6.30. The third kappa shape index (κ3) is 7.30. The van der Waals surface area contributed by atoms with E-state index in [9.17, 15) is 9.59 Å². The van der Waals surface area contributed by atoms with Crippen molar-refractivity contribution in [1.82, 2.24) is 5.32 Å². The molecular weight excluding hydrogens is 374 g/mol. The molecule has 0 heterocycles. The maximum atomic E-state index is 12.0. The lowest BCUT2D eigenvalue weighted by atomic mass is 10.1. The van der Waals surface area contributed by atoms with Gasteiger partial charge in [-0.25, -0.2) is 0 Å². The van der Waals surface area contributed by atoms with E-state index in [2.05, 4.69) is 23.7 Å². The summed E-state index contributed by atoms with van der Waals surface area (Å²) in [5.74, 6) is 6.17. The van der Waals surface area contributed by atoms with Crippen molar-refractivity contribution in [2.45, 2.75) is 19.3 Å². The lowest BCUT2D eigenvalue weighted by Gasteiger charge is -2.07. The van der Waals surface area contributed by atoms with Gasteiger partial charge in [0.1, 0.15) is 12.4 Å². The van der Waals surface area contributed by atoms with Crippen LogP contribution in [0.25, 0.3) is 0 Å². The van der Waals surface area contributed by atoms with E-state index in [-0.39, 0.29) is 37.7 Å². The number of hydrogen-bond acceptors (Lipinski definition) is 3. The molecule has 5 heteroatoms. The van der Waals surface area contributed by atoms with Gasteiger partial charge in [0.15, 0.2) is 5.78 Å². The predicted molar refractivity (Wildman–Crippen MR) is 112 cm³/mol. The van der Waals surface area contributed by atoms with Crippen LogP contribution in [0.5, 0.6) is 5.75 Å². The van der Waals surface area contributed by atoms with Gasteiger partial charge in [0, 0.05) is 23.4 Å². The Kier molecular flexibility index (Phi) is 8.84. The molecule has 144 valence electrons. The van der Waals surface area contributed by atoms with Gasteiger partial charge in [0.25, 0.3) is 0 Å². The summed E-state index contributed by atoms with van der Waals surface area (Å²) in [6.45, 7) is 4.18. The van der Waals surface area contributed by atoms with Crippen molar-refractivity contribution in [3.8, 4) is 17.6 Å². The first-order valence-corrected chi connectivity index (χ1v) is 9.30. The minimum Gasteiger partial charge on any atom is -0.481 e. The molecule has 0 unspecified atom stereocenters. The summed E-state index contributed by atoms with van der Waals surface area (Å²) >= 11 is 5.79. The first kappa shape index (κ1) is 21.3. The monoisotopic (exact) mass is 395 g/mol. The number of halogens is 1. The van der Waals surface area contributed by atoms with Crippen LogP contribution >= 0.6 is 11.6 Å². The molecule has 4 nitrogen and oxygen atoms in total. The maximum Gasteiger partial charge on any atom is 0.221 e. The zero-order valence-electron chi connectivity index (χ0n) is 15.5. The zero-order valence-corrected chi connectivity index (χ0v) is 16.3. The number of rotatable bonds is 9. The summed E-state index contributed by atoms with van der Waals surface area (Å²) in [4.78, 5) is 23.8. The molecule has 0 spiro atoms. The van der Waals surface area contributed by atoms with Crippen LogP contribution in [0.15, 0.2) is 61.2 Å². The van der Waals surface area contributed by atoms with Crippen molar-refractivity contribution in [3.63, 3.8) is 0 Å². The largest absolute Gasteiger partial charge is 0.481 e. The lowest BCUT2D eigenvalue weighted by Crippen LogP contribution is -2.24. The Morgan fingerprint density at radius 1 is 1.07 bits per heavy atom. The molecule has 2 rings (SSSR count). The van der Waals surface area contributed by atoms with Gasteiger partial charge in [-0.2, -0.15) is 0 Å². The fourth-order valence-electron chi connectivity index (χ4n) is 2.43. The highest BCUT2D eigenvalue weighted by atomic mass is 35.5. The molecule has 0 aliphatic carbocycles. The first-order valence-electron chi connectivity index (χ1n) is 8.93. The van der Waals surface area contributed by atoms with E-state index in [0.717, 1.165) is 17.7 Å². The van der Waals surface area contributed by atoms with E-state index in [0.29, 0.717) is 10.6 Å². The van der Waals surface area contributed by atoms with Crippen LogP contribution in [0, 0.1) is 11.8 Å². The number of amides is 1. The molecule has 1 N–H and O–H groups in total. The molecule has 0 bridgehead atoms. The highest BCUT2D eigenvalue weighted by Gasteiger charge is 2.08. The Morgan fingerprint density at radius 2 is 1.82 bits per heavy atom. The SMILES string of the molecule is C=CCc1ccccc1OCC#CCNC(=O)CCC(=O)c1ccc(Cl)cc1. The van der Waals surface area contributed by atoms with E-state index < -0.39 is 0 Å². The third-order valence-electron chi connectivity index (χ3n) is 3.88. The molecule has 0 aromatic heterocycles. The second kappa shape index (κ2) is 11.6. The van der Waals surface area contributed by atoms with Crippen molar-refractivity contribution in [1.29, 1.82) is 0 Å². The van der Waals surface area contributed by atoms with Crippen LogP contribution in [0.4, 0.5) is 0 Å². The summed E-state index contributed by atoms with van der Waals surface area (Å²) in [5.41, 5.74) is 1.60. The molecule has 0 radical (unpaired) electrons. The molecular formula is C23H22ClNO3. The molecule has 2 aromatic carbocycles. The van der Waals surface area contributed by atoms with Gasteiger partial charge in [0.05, 0.1) is 6.54 Å². The van der Waals surface area contributed by atoms with Crippen LogP contribution in [0.3, 0.4) is 0 Å². The Bertz CT molecular complexity index is 879. The normalized spacial score (nSPS) is 9.75. The summed E-state index contributed by atoms with van der Waals surface area (Å²) in [6, 6.07) is 14.3. The Labute approximate surface area is 170 Å². The number of carbonyl (C=O) groups is 2. The average Bonchev–Trinajstić information content (AvgIpc) is 2.70. The maximum absolute atomic E-state index is 12.0. The number of Topliss-reactive ketones (excluding diaryl/α,β-unsaturated/α-hetero) is 1. The summed E-state index contributed by atoms with van der Waals surface area (Å²) in [5, 5.41) is 3.24. The fraction of sp³-hybridized carbons (Fsp3) is 0.217. The molecule has 0 saturated heterocycles. The minimum atomic E-state index is -0.214. The van der Waals surface area contributed by atoms with Crippen molar-refractivity contribution in [2.24, 2.45) is 0 Å². The molecule has 0 saturated carbocycles. The molecule has 0 fully saturated rings. The number of ether oxygens (including phenoxy) is 1. The quantitative estimate of drug-likeness (QED) is 0.392. The number of para-hydroxylation sites is 1. The van der Waals surface area contributed by atoms with E-state index in [4.69, 9.17) is 16.3 Å². The molecule has 0 aliphatic heterocycles. The zero-order chi connectivity index (χ0) is 20.2. The van der Waals surface area contributed by atoms with E-state index >= 15 is 0 Å². The van der Waals surface area contributed by atoms with E-state index in [1.165, 1.54) is 0 Å². The van der Waals surface area contributed by atoms with E-state index in [1.807, 2.05) is 30.3 Å². The van der Waals surface area contributed by atoms with Crippen LogP contribution in [0.2, 0.25) is 5.02 Å². The number of nitrogens with one attached hydrogen (secondary N) is 1. The predicted octanol–water partition coefficient (Wildman–Crippen LogP) is 4.23. The van der Waals surface area contributed by atoms with E-state index in [1.54, 1.807) is 24.3 Å². The van der Waals surface area contributed by atoms with Gasteiger partial charge in [-0.05, 0) is 42.3 Å². The summed E-state index contributed by atoms with van der Waals surface area (Å²) in [7, 11) is 0. The molecule has 2 aromatic rings.